The van der Waals surface area contributed by atoms with E-state index in [1.807, 2.05) is 0 Å². The summed E-state index contributed by atoms with van der Waals surface area (Å²) in [4.78, 5) is 10.7. The van der Waals surface area contributed by atoms with Gasteiger partial charge in [-0.25, -0.2) is 10.8 Å². The molecule has 0 amide bonds. The number of anilines is 2. The molecule has 0 spiro atoms. The second-order valence-corrected chi connectivity index (χ2v) is 5.89. The highest BCUT2D eigenvalue weighted by molar-refractivity contribution is 9.10. The van der Waals surface area contributed by atoms with Gasteiger partial charge in [0.2, 0.25) is 5.95 Å². The van der Waals surface area contributed by atoms with Crippen LogP contribution in [0.25, 0.3) is 0 Å². The minimum Gasteiger partial charge on any atom is -0.356 e. The van der Waals surface area contributed by atoms with E-state index in [0.717, 1.165) is 16.2 Å². The summed E-state index contributed by atoms with van der Waals surface area (Å²) in [7, 11) is 2.09. The van der Waals surface area contributed by atoms with Crippen molar-refractivity contribution in [3.05, 3.63) is 10.7 Å². The van der Waals surface area contributed by atoms with Crippen LogP contribution in [0, 0.1) is 5.92 Å². The third-order valence-electron chi connectivity index (χ3n) is 3.72. The second kappa shape index (κ2) is 5.84. The van der Waals surface area contributed by atoms with Gasteiger partial charge in [-0.2, -0.15) is 4.98 Å². The molecule has 1 aromatic heterocycles. The molecular weight excluding hydrogens is 294 g/mol. The number of rotatable bonds is 3. The van der Waals surface area contributed by atoms with Crippen LogP contribution in [0.5, 0.6) is 0 Å². The predicted molar refractivity (Wildman–Crippen MR) is 77.4 cm³/mol. The molecule has 18 heavy (non-hydrogen) atoms. The largest absolute Gasteiger partial charge is 0.356 e. The third kappa shape index (κ3) is 2.92. The highest BCUT2D eigenvalue weighted by Gasteiger charge is 2.24. The Labute approximate surface area is 116 Å². The van der Waals surface area contributed by atoms with Gasteiger partial charge < -0.3 is 4.90 Å². The van der Waals surface area contributed by atoms with E-state index in [-0.39, 0.29) is 0 Å². The number of hydrogen-bond donors (Lipinski definition) is 2. The van der Waals surface area contributed by atoms with Crippen molar-refractivity contribution in [2.75, 3.05) is 17.4 Å². The zero-order valence-corrected chi connectivity index (χ0v) is 12.4. The predicted octanol–water partition coefficient (Wildman–Crippen LogP) is 2.54. The van der Waals surface area contributed by atoms with E-state index in [9.17, 15) is 0 Å². The first kappa shape index (κ1) is 13.5. The van der Waals surface area contributed by atoms with Gasteiger partial charge in [0.1, 0.15) is 5.82 Å². The summed E-state index contributed by atoms with van der Waals surface area (Å²) >= 11 is 3.50. The molecule has 6 heteroatoms. The smallest absolute Gasteiger partial charge is 0.239 e. The van der Waals surface area contributed by atoms with Gasteiger partial charge in [-0.05, 0) is 47.5 Å². The Balaban J connectivity index is 2.14. The Kier molecular flexibility index (Phi) is 4.40. The van der Waals surface area contributed by atoms with Gasteiger partial charge in [0.15, 0.2) is 0 Å². The maximum absolute atomic E-state index is 5.36. The van der Waals surface area contributed by atoms with Gasteiger partial charge in [-0.3, -0.25) is 5.43 Å². The molecule has 0 bridgehead atoms. The molecular formula is C12H20BrN5. The van der Waals surface area contributed by atoms with Crippen LogP contribution in [-0.4, -0.2) is 23.1 Å². The lowest BCUT2D eigenvalue weighted by Gasteiger charge is -2.34. The number of halogens is 1. The Hall–Kier alpha value is -0.880. The Morgan fingerprint density at radius 3 is 2.67 bits per heavy atom. The van der Waals surface area contributed by atoms with E-state index in [1.54, 1.807) is 6.20 Å². The average Bonchev–Trinajstić information content (AvgIpc) is 2.39. The number of nitrogens with one attached hydrogen (secondary N) is 1. The first-order chi connectivity index (χ1) is 8.61. The molecule has 2 rings (SSSR count). The van der Waals surface area contributed by atoms with Crippen LogP contribution in [-0.2, 0) is 0 Å². The van der Waals surface area contributed by atoms with Crippen molar-refractivity contribution < 1.29 is 0 Å². The average molecular weight is 314 g/mol. The molecule has 0 aromatic carbocycles. The molecule has 1 heterocycles. The lowest BCUT2D eigenvalue weighted by Crippen LogP contribution is -2.35. The molecule has 1 aliphatic carbocycles. The Morgan fingerprint density at radius 2 is 2.06 bits per heavy atom. The summed E-state index contributed by atoms with van der Waals surface area (Å²) in [6.45, 7) is 2.33. The SMILES string of the molecule is CC1CCC(N(C)c2nc(NN)ncc2Br)CC1. The molecule has 0 atom stereocenters. The van der Waals surface area contributed by atoms with Crippen LogP contribution in [0.2, 0.25) is 0 Å². The van der Waals surface area contributed by atoms with Crippen molar-refractivity contribution in [1.29, 1.82) is 0 Å². The van der Waals surface area contributed by atoms with Gasteiger partial charge in [0.05, 0.1) is 4.47 Å². The lowest BCUT2D eigenvalue weighted by molar-refractivity contribution is 0.340. The second-order valence-electron chi connectivity index (χ2n) is 5.03. The molecule has 1 fully saturated rings. The number of nitrogen functional groups attached to an aromatic ring is 1. The van der Waals surface area contributed by atoms with Crippen molar-refractivity contribution >= 4 is 27.7 Å². The molecule has 0 aliphatic heterocycles. The summed E-state index contributed by atoms with van der Waals surface area (Å²) in [5.74, 6) is 7.56. The molecule has 1 saturated carbocycles. The van der Waals surface area contributed by atoms with E-state index < -0.39 is 0 Å². The van der Waals surface area contributed by atoms with E-state index in [2.05, 4.69) is 50.2 Å². The van der Waals surface area contributed by atoms with Crippen LogP contribution in [0.1, 0.15) is 32.6 Å². The van der Waals surface area contributed by atoms with Gasteiger partial charge in [0, 0.05) is 19.3 Å². The molecule has 3 N–H and O–H groups in total. The highest BCUT2D eigenvalue weighted by Crippen LogP contribution is 2.31. The fourth-order valence-electron chi connectivity index (χ4n) is 2.48. The molecule has 100 valence electrons. The minimum atomic E-state index is 0.448. The first-order valence-corrected chi connectivity index (χ1v) is 7.13. The molecule has 0 radical (unpaired) electrons. The highest BCUT2D eigenvalue weighted by atomic mass is 79.9. The Bertz CT molecular complexity index is 403. The van der Waals surface area contributed by atoms with Crippen molar-refractivity contribution in [2.24, 2.45) is 11.8 Å². The van der Waals surface area contributed by atoms with Crippen LogP contribution >= 0.6 is 15.9 Å². The van der Waals surface area contributed by atoms with Crippen molar-refractivity contribution in [3.8, 4) is 0 Å². The van der Waals surface area contributed by atoms with Crippen LogP contribution < -0.4 is 16.2 Å². The summed E-state index contributed by atoms with van der Waals surface area (Å²) in [6.07, 6.45) is 6.76. The van der Waals surface area contributed by atoms with Crippen molar-refractivity contribution in [1.82, 2.24) is 9.97 Å². The normalized spacial score (nSPS) is 23.8. The van der Waals surface area contributed by atoms with E-state index in [0.29, 0.717) is 12.0 Å². The van der Waals surface area contributed by atoms with E-state index >= 15 is 0 Å². The number of nitrogens with zero attached hydrogens (tertiary/aromatic N) is 3. The summed E-state index contributed by atoms with van der Waals surface area (Å²) in [5.41, 5.74) is 2.49. The third-order valence-corrected chi connectivity index (χ3v) is 4.28. The Morgan fingerprint density at radius 1 is 1.39 bits per heavy atom. The fraction of sp³-hybridized carbons (Fsp3) is 0.667. The summed E-state index contributed by atoms with van der Waals surface area (Å²) in [5, 5.41) is 0. The van der Waals surface area contributed by atoms with Crippen LogP contribution in [0.4, 0.5) is 11.8 Å². The molecule has 1 aromatic rings. The van der Waals surface area contributed by atoms with Gasteiger partial charge in [-0.15, -0.1) is 0 Å². The van der Waals surface area contributed by atoms with Gasteiger partial charge in [-0.1, -0.05) is 6.92 Å². The quantitative estimate of drug-likeness (QED) is 0.663. The maximum atomic E-state index is 5.36. The first-order valence-electron chi connectivity index (χ1n) is 6.33. The minimum absolute atomic E-state index is 0.448. The number of hydrogen-bond acceptors (Lipinski definition) is 5. The lowest BCUT2D eigenvalue weighted by atomic mass is 9.87. The topological polar surface area (TPSA) is 67.1 Å². The molecule has 0 unspecified atom stereocenters. The molecule has 1 aliphatic rings. The fourth-order valence-corrected chi connectivity index (χ4v) is 2.95. The zero-order valence-electron chi connectivity index (χ0n) is 10.9. The standard InChI is InChI=1S/C12H20BrN5/c1-8-3-5-9(6-4-8)18(2)11-10(13)7-15-12(16-11)17-14/h7-9H,3-6,14H2,1-2H3,(H,15,16,17). The maximum Gasteiger partial charge on any atom is 0.239 e. The van der Waals surface area contributed by atoms with Crippen molar-refractivity contribution in [2.45, 2.75) is 38.6 Å². The van der Waals surface area contributed by atoms with Gasteiger partial charge in [0.25, 0.3) is 0 Å². The van der Waals surface area contributed by atoms with E-state index in [4.69, 9.17) is 5.84 Å². The van der Waals surface area contributed by atoms with E-state index in [1.165, 1.54) is 25.7 Å². The number of nitrogens with two attached hydrogens (primary N) is 1. The van der Waals surface area contributed by atoms with Crippen LogP contribution in [0.3, 0.4) is 0 Å². The number of hydrazine groups is 1. The van der Waals surface area contributed by atoms with Gasteiger partial charge >= 0.3 is 0 Å². The zero-order chi connectivity index (χ0) is 13.1. The molecule has 5 nitrogen and oxygen atoms in total. The summed E-state index contributed by atoms with van der Waals surface area (Å²) < 4.78 is 0.905. The van der Waals surface area contributed by atoms with Crippen molar-refractivity contribution in [3.63, 3.8) is 0 Å². The van der Waals surface area contributed by atoms with Crippen LogP contribution in [0.15, 0.2) is 10.7 Å². The summed E-state index contributed by atoms with van der Waals surface area (Å²) in [6, 6.07) is 0.554. The monoisotopic (exact) mass is 313 g/mol. The molecule has 0 saturated heterocycles. The number of aromatic nitrogens is 2.